The van der Waals surface area contributed by atoms with Crippen LogP contribution in [-0.4, -0.2) is 30.6 Å². The number of thiophene rings is 1. The summed E-state index contributed by atoms with van der Waals surface area (Å²) in [5, 5.41) is 0.634. The summed E-state index contributed by atoms with van der Waals surface area (Å²) >= 11 is 8.06. The van der Waals surface area contributed by atoms with Gasteiger partial charge in [-0.2, -0.15) is 4.31 Å². The number of halogens is 2. The summed E-state index contributed by atoms with van der Waals surface area (Å²) in [7, 11) is -3.39. The van der Waals surface area contributed by atoms with Crippen molar-refractivity contribution in [1.82, 2.24) is 4.31 Å². The van der Waals surface area contributed by atoms with Crippen LogP contribution in [0.15, 0.2) is 14.7 Å². The first-order chi connectivity index (χ1) is 7.80. The van der Waals surface area contributed by atoms with Crippen molar-refractivity contribution in [2.24, 2.45) is 0 Å². The summed E-state index contributed by atoms with van der Waals surface area (Å²) in [6.45, 7) is 6.08. The number of aryl methyl sites for hydroxylation is 1. The predicted molar refractivity (Wildman–Crippen MR) is 79.6 cm³/mol. The number of hydrogen-bond donors (Lipinski definition) is 0. The van der Waals surface area contributed by atoms with Gasteiger partial charge in [-0.3, -0.25) is 0 Å². The van der Waals surface area contributed by atoms with Crippen molar-refractivity contribution in [3.8, 4) is 0 Å². The van der Waals surface area contributed by atoms with Crippen molar-refractivity contribution >= 4 is 53.2 Å². The first kappa shape index (κ1) is 15.6. The Morgan fingerprint density at radius 1 is 1.47 bits per heavy atom. The van der Waals surface area contributed by atoms with Gasteiger partial charge in [-0.1, -0.05) is 15.9 Å². The van der Waals surface area contributed by atoms with Gasteiger partial charge in [-0.15, -0.1) is 11.3 Å². The van der Waals surface area contributed by atoms with Crippen molar-refractivity contribution in [3.63, 3.8) is 0 Å². The first-order valence-electron chi connectivity index (χ1n) is 5.14. The van der Waals surface area contributed by atoms with Crippen LogP contribution in [0, 0.1) is 6.92 Å². The average Bonchev–Trinajstić information content (AvgIpc) is 2.54. The molecule has 0 radical (unpaired) electrons. The quantitative estimate of drug-likeness (QED) is 0.703. The molecule has 17 heavy (non-hydrogen) atoms. The fraction of sp³-hybridized carbons (Fsp3) is 0.600. The molecule has 0 spiro atoms. The van der Waals surface area contributed by atoms with E-state index in [2.05, 4.69) is 31.9 Å². The minimum atomic E-state index is -3.39. The average molecular weight is 405 g/mol. The molecule has 0 aliphatic rings. The number of hydrogen-bond acceptors (Lipinski definition) is 3. The summed E-state index contributed by atoms with van der Waals surface area (Å²) in [6, 6.07) is 1.63. The van der Waals surface area contributed by atoms with Crippen molar-refractivity contribution < 1.29 is 8.42 Å². The molecule has 0 saturated carbocycles. The first-order valence-corrected chi connectivity index (χ1v) is 9.31. The Bertz CT molecular complexity index is 482. The third kappa shape index (κ3) is 3.53. The van der Waals surface area contributed by atoms with Gasteiger partial charge >= 0.3 is 0 Å². The summed E-state index contributed by atoms with van der Waals surface area (Å²) in [6.07, 6.45) is 0. The van der Waals surface area contributed by atoms with Crippen LogP contribution in [0.5, 0.6) is 0 Å². The fourth-order valence-electron chi connectivity index (χ4n) is 1.55. The SMILES string of the molecule is Cc1sc(Br)cc1S(=O)(=O)N(CCBr)C(C)C. The molecule has 1 heterocycles. The van der Waals surface area contributed by atoms with E-state index >= 15 is 0 Å². The molecule has 0 unspecified atom stereocenters. The highest BCUT2D eigenvalue weighted by atomic mass is 79.9. The largest absolute Gasteiger partial charge is 0.244 e. The van der Waals surface area contributed by atoms with Crippen LogP contribution in [0.25, 0.3) is 0 Å². The van der Waals surface area contributed by atoms with Crippen LogP contribution in [0.2, 0.25) is 0 Å². The van der Waals surface area contributed by atoms with Crippen molar-refractivity contribution in [1.29, 1.82) is 0 Å². The van der Waals surface area contributed by atoms with Crippen LogP contribution in [0.4, 0.5) is 0 Å². The third-order valence-corrected chi connectivity index (χ3v) is 6.55. The molecule has 0 aromatic carbocycles. The fourth-order valence-corrected chi connectivity index (χ4v) is 6.19. The molecule has 7 heteroatoms. The summed E-state index contributed by atoms with van der Waals surface area (Å²) in [4.78, 5) is 1.22. The van der Waals surface area contributed by atoms with Crippen LogP contribution in [0.3, 0.4) is 0 Å². The van der Waals surface area contributed by atoms with Gasteiger partial charge in [0.1, 0.15) is 0 Å². The second-order valence-electron chi connectivity index (χ2n) is 3.87. The Kier molecular flexibility index (Phi) is 5.65. The zero-order valence-electron chi connectivity index (χ0n) is 9.91. The second-order valence-corrected chi connectivity index (χ2v) is 9.16. The molecule has 0 fully saturated rings. The summed E-state index contributed by atoms with van der Waals surface area (Å²) < 4.78 is 27.3. The normalized spacial score (nSPS) is 12.6. The predicted octanol–water partition coefficient (Wildman–Crippen LogP) is 3.61. The van der Waals surface area contributed by atoms with Crippen molar-refractivity contribution in [3.05, 3.63) is 14.7 Å². The Morgan fingerprint density at radius 2 is 2.06 bits per heavy atom. The van der Waals surface area contributed by atoms with Gasteiger partial charge in [0.15, 0.2) is 0 Å². The molecule has 0 atom stereocenters. The maximum absolute atomic E-state index is 12.5. The Balaban J connectivity index is 3.21. The molecule has 0 aliphatic heterocycles. The third-order valence-electron chi connectivity index (χ3n) is 2.31. The Labute approximate surface area is 124 Å². The van der Waals surface area contributed by atoms with Gasteiger partial charge in [0.25, 0.3) is 0 Å². The molecule has 0 amide bonds. The van der Waals surface area contributed by atoms with E-state index in [9.17, 15) is 8.42 Å². The number of sulfonamides is 1. The van der Waals surface area contributed by atoms with Crippen LogP contribution < -0.4 is 0 Å². The van der Waals surface area contributed by atoms with Gasteiger partial charge in [-0.25, -0.2) is 8.42 Å². The monoisotopic (exact) mass is 403 g/mol. The van der Waals surface area contributed by atoms with Crippen molar-refractivity contribution in [2.75, 3.05) is 11.9 Å². The molecule has 0 N–H and O–H groups in total. The zero-order valence-corrected chi connectivity index (χ0v) is 14.7. The maximum atomic E-state index is 12.5. The molecule has 0 aliphatic carbocycles. The van der Waals surface area contributed by atoms with E-state index in [1.807, 2.05) is 20.8 Å². The van der Waals surface area contributed by atoms with E-state index in [1.165, 1.54) is 15.6 Å². The van der Waals surface area contributed by atoms with E-state index in [1.54, 1.807) is 6.07 Å². The summed E-state index contributed by atoms with van der Waals surface area (Å²) in [5.74, 6) is 0. The topological polar surface area (TPSA) is 37.4 Å². The highest BCUT2D eigenvalue weighted by Gasteiger charge is 2.29. The number of rotatable bonds is 5. The molecular formula is C10H15Br2NO2S2. The molecule has 98 valence electrons. The molecule has 3 nitrogen and oxygen atoms in total. The van der Waals surface area contributed by atoms with Crippen LogP contribution in [0.1, 0.15) is 18.7 Å². The van der Waals surface area contributed by atoms with Gasteiger partial charge in [0, 0.05) is 22.8 Å². The lowest BCUT2D eigenvalue weighted by molar-refractivity contribution is 0.372. The van der Waals surface area contributed by atoms with Gasteiger partial charge in [0.05, 0.1) is 8.68 Å². The minimum absolute atomic E-state index is 0.0457. The molecule has 1 aromatic heterocycles. The Morgan fingerprint density at radius 3 is 2.41 bits per heavy atom. The lowest BCUT2D eigenvalue weighted by Crippen LogP contribution is -2.38. The van der Waals surface area contributed by atoms with Crippen LogP contribution in [-0.2, 0) is 10.0 Å². The van der Waals surface area contributed by atoms with E-state index < -0.39 is 10.0 Å². The summed E-state index contributed by atoms with van der Waals surface area (Å²) in [5.41, 5.74) is 0. The second kappa shape index (κ2) is 6.14. The maximum Gasteiger partial charge on any atom is 0.244 e. The lowest BCUT2D eigenvalue weighted by Gasteiger charge is -2.24. The van der Waals surface area contributed by atoms with Gasteiger partial charge < -0.3 is 0 Å². The smallest absolute Gasteiger partial charge is 0.207 e. The van der Waals surface area contributed by atoms with Gasteiger partial charge in [-0.05, 0) is 42.8 Å². The minimum Gasteiger partial charge on any atom is -0.207 e. The molecule has 0 saturated heterocycles. The van der Waals surface area contributed by atoms with E-state index in [4.69, 9.17) is 0 Å². The standard InChI is InChI=1S/C10H15Br2NO2S2/c1-7(2)13(5-4-11)17(14,15)9-6-10(12)16-8(9)3/h6-7H,4-5H2,1-3H3. The number of nitrogens with zero attached hydrogens (tertiary/aromatic N) is 1. The highest BCUT2D eigenvalue weighted by Crippen LogP contribution is 2.32. The van der Waals surface area contributed by atoms with Crippen LogP contribution >= 0.6 is 43.2 Å². The van der Waals surface area contributed by atoms with Crippen molar-refractivity contribution in [2.45, 2.75) is 31.7 Å². The highest BCUT2D eigenvalue weighted by molar-refractivity contribution is 9.11. The van der Waals surface area contributed by atoms with E-state index in [0.29, 0.717) is 16.8 Å². The Hall–Kier alpha value is 0.570. The number of alkyl halides is 1. The lowest BCUT2D eigenvalue weighted by atomic mass is 10.4. The molecule has 1 aromatic rings. The molecular weight excluding hydrogens is 390 g/mol. The van der Waals surface area contributed by atoms with E-state index in [-0.39, 0.29) is 6.04 Å². The molecule has 0 bridgehead atoms. The van der Waals surface area contributed by atoms with Gasteiger partial charge in [0.2, 0.25) is 10.0 Å². The van der Waals surface area contributed by atoms with E-state index in [0.717, 1.165) is 8.66 Å². The zero-order chi connectivity index (χ0) is 13.2. The molecule has 1 rings (SSSR count).